The van der Waals surface area contributed by atoms with Gasteiger partial charge in [-0.2, -0.15) is 5.26 Å². The summed E-state index contributed by atoms with van der Waals surface area (Å²) in [5, 5.41) is 12.3. The van der Waals surface area contributed by atoms with Crippen LogP contribution in [0.25, 0.3) is 0 Å². The van der Waals surface area contributed by atoms with E-state index in [9.17, 15) is 0 Å². The highest BCUT2D eigenvalue weighted by atomic mass is 32.1. The lowest BCUT2D eigenvalue weighted by Crippen LogP contribution is -2.31. The molecule has 0 aromatic heterocycles. The molecule has 0 saturated carbocycles. The Bertz CT molecular complexity index is 409. The molecule has 0 aliphatic carbocycles. The Balaban J connectivity index is 2.54. The fraction of sp³-hybridized carbons (Fsp3) is 0.333. The van der Waals surface area contributed by atoms with Gasteiger partial charge in [-0.05, 0) is 36.8 Å². The monoisotopic (exact) mass is 233 g/mol. The van der Waals surface area contributed by atoms with E-state index in [1.165, 1.54) is 5.56 Å². The van der Waals surface area contributed by atoms with Gasteiger partial charge in [0.1, 0.15) is 0 Å². The van der Waals surface area contributed by atoms with Gasteiger partial charge in [0.05, 0.1) is 12.5 Å². The number of nitrogens with one attached hydrogen (secondary N) is 1. The maximum atomic E-state index is 8.48. The van der Waals surface area contributed by atoms with Gasteiger partial charge in [0.25, 0.3) is 0 Å². The molecule has 1 aromatic carbocycles. The Labute approximate surface area is 102 Å². The van der Waals surface area contributed by atoms with Crippen molar-refractivity contribution in [3.8, 4) is 6.07 Å². The van der Waals surface area contributed by atoms with Crippen LogP contribution in [0, 0.1) is 18.3 Å². The van der Waals surface area contributed by atoms with Crippen molar-refractivity contribution in [1.82, 2.24) is 4.90 Å². The Morgan fingerprint density at radius 1 is 1.56 bits per heavy atom. The average Bonchev–Trinajstić information content (AvgIpc) is 2.25. The average molecular weight is 233 g/mol. The van der Waals surface area contributed by atoms with Crippen molar-refractivity contribution in [3.63, 3.8) is 0 Å². The highest BCUT2D eigenvalue weighted by Gasteiger charge is 2.03. The van der Waals surface area contributed by atoms with E-state index in [1.54, 1.807) is 0 Å². The van der Waals surface area contributed by atoms with E-state index >= 15 is 0 Å². The molecule has 0 atom stereocenters. The minimum Gasteiger partial charge on any atom is -0.351 e. The molecule has 4 heteroatoms. The highest BCUT2D eigenvalue weighted by Crippen LogP contribution is 2.10. The Morgan fingerprint density at radius 2 is 2.31 bits per heavy atom. The number of hydrogen-bond acceptors (Lipinski definition) is 2. The first-order valence-electron chi connectivity index (χ1n) is 5.09. The maximum absolute atomic E-state index is 8.48. The zero-order valence-corrected chi connectivity index (χ0v) is 10.3. The van der Waals surface area contributed by atoms with Crippen molar-refractivity contribution in [2.24, 2.45) is 0 Å². The van der Waals surface area contributed by atoms with E-state index in [4.69, 9.17) is 17.5 Å². The summed E-state index contributed by atoms with van der Waals surface area (Å²) in [7, 11) is 1.88. The van der Waals surface area contributed by atoms with Crippen LogP contribution in [0.15, 0.2) is 24.3 Å². The number of aryl methyl sites for hydroxylation is 1. The van der Waals surface area contributed by atoms with Crippen LogP contribution in [-0.4, -0.2) is 23.6 Å². The van der Waals surface area contributed by atoms with Gasteiger partial charge < -0.3 is 10.2 Å². The van der Waals surface area contributed by atoms with Crippen LogP contribution >= 0.6 is 12.2 Å². The van der Waals surface area contributed by atoms with Gasteiger partial charge in [0, 0.05) is 19.3 Å². The summed E-state index contributed by atoms with van der Waals surface area (Å²) in [5.74, 6) is 0. The molecule has 0 spiro atoms. The van der Waals surface area contributed by atoms with Gasteiger partial charge >= 0.3 is 0 Å². The number of anilines is 1. The molecule has 3 nitrogen and oxygen atoms in total. The van der Waals surface area contributed by atoms with Crippen molar-refractivity contribution in [2.75, 3.05) is 18.9 Å². The smallest absolute Gasteiger partial charge is 0.173 e. The second-order valence-electron chi connectivity index (χ2n) is 3.63. The van der Waals surface area contributed by atoms with E-state index in [-0.39, 0.29) is 0 Å². The van der Waals surface area contributed by atoms with Gasteiger partial charge in [-0.15, -0.1) is 0 Å². The molecule has 0 saturated heterocycles. The molecule has 0 fully saturated rings. The molecule has 0 amide bonds. The second-order valence-corrected chi connectivity index (χ2v) is 4.02. The van der Waals surface area contributed by atoms with Crippen LogP contribution in [-0.2, 0) is 0 Å². The molecule has 16 heavy (non-hydrogen) atoms. The minimum atomic E-state index is 0.478. The lowest BCUT2D eigenvalue weighted by atomic mass is 10.2. The second kappa shape index (κ2) is 6.09. The number of nitriles is 1. The largest absolute Gasteiger partial charge is 0.351 e. The summed E-state index contributed by atoms with van der Waals surface area (Å²) in [6.45, 7) is 2.68. The van der Waals surface area contributed by atoms with Crippen LogP contribution in [0.1, 0.15) is 12.0 Å². The van der Waals surface area contributed by atoms with E-state index in [2.05, 4.69) is 11.4 Å². The SMILES string of the molecule is Cc1cccc(NC(=S)N(C)CCC#N)c1. The number of thiocarbonyl (C=S) groups is 1. The van der Waals surface area contributed by atoms with Crippen molar-refractivity contribution >= 4 is 23.0 Å². The molecule has 0 bridgehead atoms. The fourth-order valence-corrected chi connectivity index (χ4v) is 1.47. The van der Waals surface area contributed by atoms with Gasteiger partial charge in [0.2, 0.25) is 0 Å². The van der Waals surface area contributed by atoms with Crippen LogP contribution in [0.2, 0.25) is 0 Å². The third-order valence-corrected chi connectivity index (χ3v) is 2.59. The van der Waals surface area contributed by atoms with Gasteiger partial charge in [-0.25, -0.2) is 0 Å². The molecule has 1 rings (SSSR count). The van der Waals surface area contributed by atoms with Crippen LogP contribution in [0.5, 0.6) is 0 Å². The normalized spacial score (nSPS) is 9.31. The van der Waals surface area contributed by atoms with Crippen LogP contribution in [0.3, 0.4) is 0 Å². The predicted molar refractivity (Wildman–Crippen MR) is 70.3 cm³/mol. The van der Waals surface area contributed by atoms with E-state index in [1.807, 2.05) is 43.1 Å². The number of nitrogens with zero attached hydrogens (tertiary/aromatic N) is 2. The van der Waals surface area contributed by atoms with Crippen molar-refractivity contribution < 1.29 is 0 Å². The standard InChI is InChI=1S/C12H15N3S/c1-10-5-3-6-11(9-10)14-12(16)15(2)8-4-7-13/h3,5-6,9H,4,8H2,1-2H3,(H,14,16). The maximum Gasteiger partial charge on any atom is 0.173 e. The third kappa shape index (κ3) is 3.87. The summed E-state index contributed by atoms with van der Waals surface area (Å²) in [5.41, 5.74) is 2.17. The lowest BCUT2D eigenvalue weighted by molar-refractivity contribution is 0.523. The summed E-state index contributed by atoms with van der Waals surface area (Å²) in [6, 6.07) is 10.1. The molecule has 0 aliphatic rings. The number of benzene rings is 1. The molecular formula is C12H15N3S. The van der Waals surface area contributed by atoms with E-state index < -0.39 is 0 Å². The lowest BCUT2D eigenvalue weighted by Gasteiger charge is -2.19. The first kappa shape index (κ1) is 12.5. The van der Waals surface area contributed by atoms with E-state index in [0.29, 0.717) is 18.1 Å². The third-order valence-electron chi connectivity index (χ3n) is 2.18. The first-order chi connectivity index (χ1) is 7.63. The van der Waals surface area contributed by atoms with Crippen molar-refractivity contribution in [3.05, 3.63) is 29.8 Å². The first-order valence-corrected chi connectivity index (χ1v) is 5.50. The zero-order chi connectivity index (χ0) is 12.0. The molecule has 0 aliphatic heterocycles. The van der Waals surface area contributed by atoms with Crippen molar-refractivity contribution in [1.29, 1.82) is 5.26 Å². The fourth-order valence-electron chi connectivity index (χ4n) is 1.26. The van der Waals surface area contributed by atoms with E-state index in [0.717, 1.165) is 5.69 Å². The Hall–Kier alpha value is -1.60. The van der Waals surface area contributed by atoms with Gasteiger partial charge in [-0.3, -0.25) is 0 Å². The number of hydrogen-bond donors (Lipinski definition) is 1. The summed E-state index contributed by atoms with van der Waals surface area (Å²) < 4.78 is 0. The van der Waals surface area contributed by atoms with Gasteiger partial charge in [-0.1, -0.05) is 12.1 Å². The molecule has 1 N–H and O–H groups in total. The summed E-state index contributed by atoms with van der Waals surface area (Å²) in [6.07, 6.45) is 0.478. The van der Waals surface area contributed by atoms with Crippen molar-refractivity contribution in [2.45, 2.75) is 13.3 Å². The Kier molecular flexibility index (Phi) is 4.74. The molecule has 0 radical (unpaired) electrons. The molecule has 1 aromatic rings. The number of rotatable bonds is 3. The molecule has 0 heterocycles. The topological polar surface area (TPSA) is 39.1 Å². The molecule has 84 valence electrons. The molecular weight excluding hydrogens is 218 g/mol. The molecule has 0 unspecified atom stereocenters. The van der Waals surface area contributed by atoms with Crippen LogP contribution < -0.4 is 5.32 Å². The Morgan fingerprint density at radius 3 is 2.94 bits per heavy atom. The summed E-state index contributed by atoms with van der Waals surface area (Å²) in [4.78, 5) is 1.86. The zero-order valence-electron chi connectivity index (χ0n) is 9.53. The minimum absolute atomic E-state index is 0.478. The highest BCUT2D eigenvalue weighted by molar-refractivity contribution is 7.80. The predicted octanol–water partition coefficient (Wildman–Crippen LogP) is 2.54. The summed E-state index contributed by atoms with van der Waals surface area (Å²) >= 11 is 5.22. The van der Waals surface area contributed by atoms with Gasteiger partial charge in [0.15, 0.2) is 5.11 Å². The van der Waals surface area contributed by atoms with Crippen LogP contribution in [0.4, 0.5) is 5.69 Å². The quantitative estimate of drug-likeness (QED) is 0.814.